The average Bonchev–Trinajstić information content (AvgIpc) is 2.57. The topological polar surface area (TPSA) is 104 Å². The maximum Gasteiger partial charge on any atom is 0.317 e. The van der Waals surface area contributed by atoms with Gasteiger partial charge in [-0.2, -0.15) is 0 Å². The molecule has 1 unspecified atom stereocenters. The lowest BCUT2D eigenvalue weighted by molar-refractivity contribution is -0.137. The van der Waals surface area contributed by atoms with Crippen LogP contribution in [0, 0.1) is 0 Å². The number of carbonyl (C=O) groups excluding carboxylic acids is 1. The number of carboxylic acids is 1. The van der Waals surface area contributed by atoms with Crippen LogP contribution in [-0.2, 0) is 14.6 Å². The van der Waals surface area contributed by atoms with Gasteiger partial charge in [-0.05, 0) is 20.3 Å². The van der Waals surface area contributed by atoms with Gasteiger partial charge in [-0.1, -0.05) is 0 Å². The molecule has 2 amide bonds. The van der Waals surface area contributed by atoms with Gasteiger partial charge in [-0.15, -0.1) is 0 Å². The Labute approximate surface area is 112 Å². The number of hydrogen-bond donors (Lipinski definition) is 2. The second kappa shape index (κ2) is 6.23. The molecule has 1 aliphatic rings. The zero-order chi connectivity index (χ0) is 14.6. The van der Waals surface area contributed by atoms with Crippen LogP contribution in [0.1, 0.15) is 26.7 Å². The quantitative estimate of drug-likeness (QED) is 0.746. The highest BCUT2D eigenvalue weighted by atomic mass is 32.2. The number of sulfone groups is 1. The lowest BCUT2D eigenvalue weighted by Gasteiger charge is -2.27. The molecule has 7 nitrogen and oxygen atoms in total. The summed E-state index contributed by atoms with van der Waals surface area (Å²) < 4.78 is 22.6. The van der Waals surface area contributed by atoms with Crippen LogP contribution in [0.3, 0.4) is 0 Å². The molecular weight excluding hydrogens is 272 g/mol. The third kappa shape index (κ3) is 5.06. The van der Waals surface area contributed by atoms with Crippen LogP contribution in [0.25, 0.3) is 0 Å². The van der Waals surface area contributed by atoms with Crippen LogP contribution >= 0.6 is 0 Å². The van der Waals surface area contributed by atoms with E-state index in [0.717, 1.165) is 0 Å². The summed E-state index contributed by atoms with van der Waals surface area (Å²) in [6.07, 6.45) is 0.285. The van der Waals surface area contributed by atoms with Gasteiger partial charge in [0.2, 0.25) is 0 Å². The van der Waals surface area contributed by atoms with E-state index >= 15 is 0 Å². The highest BCUT2D eigenvalue weighted by Gasteiger charge is 2.30. The molecule has 0 bridgehead atoms. The standard InChI is InChI=1S/C11H20N2O5S/c1-8(2)13(5-3-10(14)15)11(16)12-9-4-6-19(17,18)7-9/h8-9H,3-7H2,1-2H3,(H,12,16)(H,14,15). The van der Waals surface area contributed by atoms with Gasteiger partial charge in [0, 0.05) is 18.6 Å². The minimum absolute atomic E-state index is 0.0381. The number of urea groups is 1. The molecule has 0 aliphatic carbocycles. The Kier molecular flexibility index (Phi) is 5.16. The molecule has 0 saturated carbocycles. The van der Waals surface area contributed by atoms with Crippen LogP contribution < -0.4 is 5.32 Å². The summed E-state index contributed by atoms with van der Waals surface area (Å²) in [6, 6.07) is -0.917. The number of carbonyl (C=O) groups is 2. The van der Waals surface area contributed by atoms with E-state index in [9.17, 15) is 18.0 Å². The van der Waals surface area contributed by atoms with E-state index in [1.54, 1.807) is 13.8 Å². The molecule has 110 valence electrons. The summed E-state index contributed by atoms with van der Waals surface area (Å²) in [4.78, 5) is 23.9. The molecule has 1 fully saturated rings. The normalized spacial score (nSPS) is 21.3. The number of nitrogens with one attached hydrogen (secondary N) is 1. The minimum Gasteiger partial charge on any atom is -0.481 e. The number of hydrogen-bond acceptors (Lipinski definition) is 4. The number of aliphatic carboxylic acids is 1. The molecule has 1 aliphatic heterocycles. The largest absolute Gasteiger partial charge is 0.481 e. The summed E-state index contributed by atoms with van der Waals surface area (Å²) in [6.45, 7) is 3.68. The maximum absolute atomic E-state index is 12.0. The summed E-state index contributed by atoms with van der Waals surface area (Å²) in [7, 11) is -3.04. The van der Waals surface area contributed by atoms with Crippen molar-refractivity contribution < 1.29 is 23.1 Å². The van der Waals surface area contributed by atoms with E-state index in [4.69, 9.17) is 5.11 Å². The third-order valence-electron chi connectivity index (χ3n) is 3.01. The minimum atomic E-state index is -3.04. The summed E-state index contributed by atoms with van der Waals surface area (Å²) >= 11 is 0. The van der Waals surface area contributed by atoms with Crippen LogP contribution in [0.4, 0.5) is 4.79 Å². The molecule has 1 atom stereocenters. The van der Waals surface area contributed by atoms with Crippen molar-refractivity contribution in [2.75, 3.05) is 18.1 Å². The highest BCUT2D eigenvalue weighted by molar-refractivity contribution is 7.91. The second-order valence-corrected chi connectivity index (χ2v) is 7.21. The number of rotatable bonds is 5. The van der Waals surface area contributed by atoms with Crippen LogP contribution in [0.2, 0.25) is 0 Å². The number of carboxylic acid groups (broad SMARTS) is 1. The second-order valence-electron chi connectivity index (χ2n) is 4.98. The zero-order valence-electron chi connectivity index (χ0n) is 11.1. The summed E-state index contributed by atoms with van der Waals surface area (Å²) in [5.74, 6) is -0.917. The molecule has 0 radical (unpaired) electrons. The zero-order valence-corrected chi connectivity index (χ0v) is 11.9. The van der Waals surface area contributed by atoms with Gasteiger partial charge in [0.25, 0.3) is 0 Å². The number of nitrogens with zero attached hydrogens (tertiary/aromatic N) is 1. The molecule has 1 saturated heterocycles. The highest BCUT2D eigenvalue weighted by Crippen LogP contribution is 2.12. The molecule has 0 spiro atoms. The van der Waals surface area contributed by atoms with Crippen molar-refractivity contribution >= 4 is 21.8 Å². The predicted octanol–water partition coefficient (Wildman–Crippen LogP) is 0.0682. The maximum atomic E-state index is 12.0. The van der Waals surface area contributed by atoms with Crippen molar-refractivity contribution in [3.8, 4) is 0 Å². The van der Waals surface area contributed by atoms with Crippen molar-refractivity contribution in [2.24, 2.45) is 0 Å². The number of amides is 2. The fraction of sp³-hybridized carbons (Fsp3) is 0.818. The molecule has 1 rings (SSSR count). The van der Waals surface area contributed by atoms with Gasteiger partial charge < -0.3 is 15.3 Å². The van der Waals surface area contributed by atoms with E-state index in [-0.39, 0.29) is 36.6 Å². The molecule has 2 N–H and O–H groups in total. The van der Waals surface area contributed by atoms with Gasteiger partial charge in [0.05, 0.1) is 17.9 Å². The average molecular weight is 292 g/mol. The first-order valence-corrected chi connectivity index (χ1v) is 8.03. The van der Waals surface area contributed by atoms with E-state index < -0.39 is 21.8 Å². The monoisotopic (exact) mass is 292 g/mol. The van der Waals surface area contributed by atoms with Gasteiger partial charge >= 0.3 is 12.0 Å². The summed E-state index contributed by atoms with van der Waals surface area (Å²) in [5.41, 5.74) is 0. The molecule has 1 heterocycles. The Bertz CT molecular complexity index is 446. The van der Waals surface area contributed by atoms with Gasteiger partial charge in [-0.3, -0.25) is 4.79 Å². The smallest absolute Gasteiger partial charge is 0.317 e. The Morgan fingerprint density at radius 1 is 1.42 bits per heavy atom. The van der Waals surface area contributed by atoms with Gasteiger partial charge in [0.1, 0.15) is 0 Å². The van der Waals surface area contributed by atoms with Crippen molar-refractivity contribution in [3.05, 3.63) is 0 Å². The van der Waals surface area contributed by atoms with Crippen molar-refractivity contribution in [2.45, 2.75) is 38.8 Å². The first-order chi connectivity index (χ1) is 8.71. The molecule has 0 aromatic rings. The SMILES string of the molecule is CC(C)N(CCC(=O)O)C(=O)NC1CCS(=O)(=O)C1. The first-order valence-electron chi connectivity index (χ1n) is 6.20. The fourth-order valence-electron chi connectivity index (χ4n) is 1.98. The predicted molar refractivity (Wildman–Crippen MR) is 69.7 cm³/mol. The van der Waals surface area contributed by atoms with Crippen LogP contribution in [-0.4, -0.2) is 60.6 Å². The van der Waals surface area contributed by atoms with Crippen molar-refractivity contribution in [3.63, 3.8) is 0 Å². The van der Waals surface area contributed by atoms with E-state index in [1.165, 1.54) is 4.90 Å². The molecule has 8 heteroatoms. The molecular formula is C11H20N2O5S. The van der Waals surface area contributed by atoms with Crippen molar-refractivity contribution in [1.29, 1.82) is 0 Å². The van der Waals surface area contributed by atoms with Crippen LogP contribution in [0.5, 0.6) is 0 Å². The Morgan fingerprint density at radius 3 is 2.47 bits per heavy atom. The lowest BCUT2D eigenvalue weighted by atomic mass is 10.2. The Balaban J connectivity index is 2.55. The Morgan fingerprint density at radius 2 is 2.05 bits per heavy atom. The van der Waals surface area contributed by atoms with E-state index in [1.807, 2.05) is 0 Å². The van der Waals surface area contributed by atoms with E-state index in [2.05, 4.69) is 5.32 Å². The van der Waals surface area contributed by atoms with Crippen molar-refractivity contribution in [1.82, 2.24) is 10.2 Å². The fourth-order valence-corrected chi connectivity index (χ4v) is 3.65. The molecule has 0 aromatic carbocycles. The van der Waals surface area contributed by atoms with Crippen LogP contribution in [0.15, 0.2) is 0 Å². The summed E-state index contributed by atoms with van der Waals surface area (Å²) in [5, 5.41) is 11.3. The van der Waals surface area contributed by atoms with E-state index in [0.29, 0.717) is 6.42 Å². The first kappa shape index (κ1) is 15.7. The molecule has 0 aromatic heterocycles. The van der Waals surface area contributed by atoms with Gasteiger partial charge in [0.15, 0.2) is 9.84 Å². The lowest BCUT2D eigenvalue weighted by Crippen LogP contribution is -2.48. The third-order valence-corrected chi connectivity index (χ3v) is 4.78. The Hall–Kier alpha value is -1.31. The van der Waals surface area contributed by atoms with Gasteiger partial charge in [-0.25, -0.2) is 13.2 Å². The molecule has 19 heavy (non-hydrogen) atoms.